The van der Waals surface area contributed by atoms with Gasteiger partial charge in [0.05, 0.1) is 18.5 Å². The van der Waals surface area contributed by atoms with E-state index in [2.05, 4.69) is 9.97 Å². The summed E-state index contributed by atoms with van der Waals surface area (Å²) in [6.07, 6.45) is -3.10. The maximum absolute atomic E-state index is 13.1. The Morgan fingerprint density at radius 1 is 1.23 bits per heavy atom. The highest BCUT2D eigenvalue weighted by Gasteiger charge is 2.34. The molecule has 0 aliphatic rings. The van der Waals surface area contributed by atoms with Crippen molar-refractivity contribution in [1.29, 1.82) is 0 Å². The number of aromatic nitrogens is 2. The molecule has 0 amide bonds. The van der Waals surface area contributed by atoms with Gasteiger partial charge in [0.25, 0.3) is 0 Å². The van der Waals surface area contributed by atoms with Crippen LogP contribution in [0.2, 0.25) is 0 Å². The number of nitrogen functional groups attached to an aromatic ring is 1. The SMILES string of the molecule is COc1cc(-c2nc(C(F)(F)F)cc(C(C)C)c2N)ccn1. The number of pyridine rings is 2. The lowest BCUT2D eigenvalue weighted by Crippen LogP contribution is -2.12. The summed E-state index contributed by atoms with van der Waals surface area (Å²) in [5, 5.41) is 0. The number of nitrogens with zero attached hydrogens (tertiary/aromatic N) is 2. The summed E-state index contributed by atoms with van der Waals surface area (Å²) in [5.41, 5.74) is 6.22. The maximum atomic E-state index is 13.1. The van der Waals surface area contributed by atoms with Gasteiger partial charge in [-0.15, -0.1) is 0 Å². The smallest absolute Gasteiger partial charge is 0.433 e. The molecule has 0 saturated carbocycles. The normalized spacial score (nSPS) is 11.8. The average Bonchev–Trinajstić information content (AvgIpc) is 2.46. The van der Waals surface area contributed by atoms with Gasteiger partial charge in [-0.3, -0.25) is 0 Å². The van der Waals surface area contributed by atoms with Crippen molar-refractivity contribution in [2.75, 3.05) is 12.8 Å². The van der Waals surface area contributed by atoms with Crippen molar-refractivity contribution >= 4 is 5.69 Å². The molecule has 0 atom stereocenters. The van der Waals surface area contributed by atoms with Crippen LogP contribution < -0.4 is 10.5 Å². The standard InChI is InChI=1S/C15H16F3N3O/c1-8(2)10-7-11(15(16,17)18)21-14(13(10)19)9-4-5-20-12(6-9)22-3/h4-8H,19H2,1-3H3. The molecular formula is C15H16F3N3O. The van der Waals surface area contributed by atoms with E-state index in [-0.39, 0.29) is 23.2 Å². The van der Waals surface area contributed by atoms with Crippen molar-refractivity contribution in [2.45, 2.75) is 25.9 Å². The summed E-state index contributed by atoms with van der Waals surface area (Å²) in [7, 11) is 1.43. The molecule has 0 bridgehead atoms. The average molecular weight is 311 g/mol. The van der Waals surface area contributed by atoms with Crippen LogP contribution in [0.3, 0.4) is 0 Å². The van der Waals surface area contributed by atoms with Gasteiger partial charge in [0, 0.05) is 17.8 Å². The lowest BCUT2D eigenvalue weighted by Gasteiger charge is -2.17. The van der Waals surface area contributed by atoms with Gasteiger partial charge in [-0.2, -0.15) is 13.2 Å². The summed E-state index contributed by atoms with van der Waals surface area (Å²) < 4.78 is 44.2. The third kappa shape index (κ3) is 3.13. The van der Waals surface area contributed by atoms with Crippen molar-refractivity contribution in [3.8, 4) is 17.1 Å². The number of alkyl halides is 3. The van der Waals surface area contributed by atoms with Crippen molar-refractivity contribution in [1.82, 2.24) is 9.97 Å². The molecule has 22 heavy (non-hydrogen) atoms. The van der Waals surface area contributed by atoms with Crippen molar-refractivity contribution in [3.63, 3.8) is 0 Å². The Bertz CT molecular complexity index is 684. The van der Waals surface area contributed by atoms with Crippen LogP contribution in [0.25, 0.3) is 11.3 Å². The fourth-order valence-corrected chi connectivity index (χ4v) is 2.09. The number of anilines is 1. The van der Waals surface area contributed by atoms with Gasteiger partial charge in [0.2, 0.25) is 5.88 Å². The van der Waals surface area contributed by atoms with Gasteiger partial charge in [0.15, 0.2) is 0 Å². The Morgan fingerprint density at radius 2 is 1.91 bits per heavy atom. The van der Waals surface area contributed by atoms with Crippen LogP contribution in [-0.4, -0.2) is 17.1 Å². The zero-order valence-corrected chi connectivity index (χ0v) is 12.4. The molecule has 0 radical (unpaired) electrons. The Labute approximate surface area is 126 Å². The Morgan fingerprint density at radius 3 is 2.45 bits per heavy atom. The largest absolute Gasteiger partial charge is 0.481 e. The minimum atomic E-state index is -4.54. The van der Waals surface area contributed by atoms with Crippen LogP contribution in [-0.2, 0) is 6.18 Å². The second-order valence-corrected chi connectivity index (χ2v) is 5.10. The Hall–Kier alpha value is -2.31. The highest BCUT2D eigenvalue weighted by molar-refractivity contribution is 5.76. The molecule has 2 N–H and O–H groups in total. The van der Waals surface area contributed by atoms with Crippen LogP contribution in [0.5, 0.6) is 5.88 Å². The molecular weight excluding hydrogens is 295 g/mol. The molecule has 2 rings (SSSR count). The minimum Gasteiger partial charge on any atom is -0.481 e. The van der Waals surface area contributed by atoms with Crippen molar-refractivity contribution < 1.29 is 17.9 Å². The third-order valence-electron chi connectivity index (χ3n) is 3.22. The van der Waals surface area contributed by atoms with E-state index in [9.17, 15) is 13.2 Å². The molecule has 7 heteroatoms. The van der Waals surface area contributed by atoms with E-state index >= 15 is 0 Å². The zero-order chi connectivity index (χ0) is 16.5. The van der Waals surface area contributed by atoms with E-state index in [1.165, 1.54) is 19.4 Å². The number of rotatable bonds is 3. The molecule has 0 saturated heterocycles. The fraction of sp³-hybridized carbons (Fsp3) is 0.333. The molecule has 118 valence electrons. The molecule has 2 aromatic heterocycles. The Kier molecular flexibility index (Phi) is 4.25. The minimum absolute atomic E-state index is 0.0826. The third-order valence-corrected chi connectivity index (χ3v) is 3.22. The predicted molar refractivity (Wildman–Crippen MR) is 77.5 cm³/mol. The number of halogens is 3. The van der Waals surface area contributed by atoms with Crippen molar-refractivity contribution in [3.05, 3.63) is 35.7 Å². The van der Waals surface area contributed by atoms with E-state index < -0.39 is 11.9 Å². The first kappa shape index (κ1) is 16.1. The fourth-order valence-electron chi connectivity index (χ4n) is 2.09. The lowest BCUT2D eigenvalue weighted by atomic mass is 9.97. The molecule has 0 spiro atoms. The van der Waals surface area contributed by atoms with E-state index in [0.29, 0.717) is 11.1 Å². The summed E-state index contributed by atoms with van der Waals surface area (Å²) in [4.78, 5) is 7.63. The predicted octanol–water partition coefficient (Wildman–Crippen LogP) is 3.88. The maximum Gasteiger partial charge on any atom is 0.433 e. The molecule has 4 nitrogen and oxygen atoms in total. The molecule has 0 aliphatic carbocycles. The molecule has 2 aromatic rings. The number of hydrogen-bond donors (Lipinski definition) is 1. The summed E-state index contributed by atoms with van der Waals surface area (Å²) in [5.74, 6) is 0.119. The molecule has 0 aromatic carbocycles. The molecule has 0 fully saturated rings. The first-order valence-corrected chi connectivity index (χ1v) is 6.62. The van der Waals surface area contributed by atoms with E-state index in [1.807, 2.05) is 0 Å². The summed E-state index contributed by atoms with van der Waals surface area (Å²) >= 11 is 0. The number of nitrogens with two attached hydrogens (primary N) is 1. The van der Waals surface area contributed by atoms with Gasteiger partial charge in [-0.25, -0.2) is 9.97 Å². The van der Waals surface area contributed by atoms with E-state index in [0.717, 1.165) is 6.07 Å². The monoisotopic (exact) mass is 311 g/mol. The second kappa shape index (κ2) is 5.82. The molecule has 2 heterocycles. The van der Waals surface area contributed by atoms with Gasteiger partial charge in [0.1, 0.15) is 5.69 Å². The second-order valence-electron chi connectivity index (χ2n) is 5.10. The summed E-state index contributed by atoms with van der Waals surface area (Å²) in [6.45, 7) is 3.56. The first-order chi connectivity index (χ1) is 10.2. The zero-order valence-electron chi connectivity index (χ0n) is 12.4. The van der Waals surface area contributed by atoms with E-state index in [4.69, 9.17) is 10.5 Å². The highest BCUT2D eigenvalue weighted by Crippen LogP contribution is 2.37. The van der Waals surface area contributed by atoms with Gasteiger partial charge < -0.3 is 10.5 Å². The quantitative estimate of drug-likeness (QED) is 0.934. The topological polar surface area (TPSA) is 61.0 Å². The van der Waals surface area contributed by atoms with Gasteiger partial charge >= 0.3 is 6.18 Å². The van der Waals surface area contributed by atoms with Gasteiger partial charge in [-0.05, 0) is 23.6 Å². The van der Waals surface area contributed by atoms with Gasteiger partial charge in [-0.1, -0.05) is 13.8 Å². The van der Waals surface area contributed by atoms with Crippen LogP contribution >= 0.6 is 0 Å². The van der Waals surface area contributed by atoms with Crippen LogP contribution in [0.4, 0.5) is 18.9 Å². The first-order valence-electron chi connectivity index (χ1n) is 6.62. The van der Waals surface area contributed by atoms with Crippen LogP contribution in [0.1, 0.15) is 31.0 Å². The van der Waals surface area contributed by atoms with Crippen LogP contribution in [0, 0.1) is 0 Å². The van der Waals surface area contributed by atoms with Crippen LogP contribution in [0.15, 0.2) is 24.4 Å². The number of methoxy groups -OCH3 is 1. The highest BCUT2D eigenvalue weighted by atomic mass is 19.4. The van der Waals surface area contributed by atoms with E-state index in [1.54, 1.807) is 19.9 Å². The van der Waals surface area contributed by atoms with Crippen molar-refractivity contribution in [2.24, 2.45) is 0 Å². The Balaban J connectivity index is 2.70. The number of ether oxygens (including phenoxy) is 1. The molecule has 0 unspecified atom stereocenters. The number of hydrogen-bond acceptors (Lipinski definition) is 4. The molecule has 0 aliphatic heterocycles. The lowest BCUT2D eigenvalue weighted by molar-refractivity contribution is -0.141. The summed E-state index contributed by atoms with van der Waals surface area (Å²) in [6, 6.07) is 4.05.